The number of sulfone groups is 1. The maximum Gasteiger partial charge on any atom is 0.225 e. The largest absolute Gasteiger partial charge is 0.325 e. The SMILES string of the molecule is C[C@@H]1CC(=O)Nc2cc(S(=O)(=O)CCC(=O)Nc3ccc(Cl)cc3F)ccc2S1. The van der Waals surface area contributed by atoms with Crippen molar-refractivity contribution in [2.24, 2.45) is 0 Å². The zero-order valence-corrected chi connectivity index (χ0v) is 17.8. The predicted octanol–water partition coefficient (Wildman–Crippen LogP) is 4.10. The van der Waals surface area contributed by atoms with Gasteiger partial charge >= 0.3 is 0 Å². The Balaban J connectivity index is 1.69. The summed E-state index contributed by atoms with van der Waals surface area (Å²) >= 11 is 7.15. The molecule has 1 aliphatic heterocycles. The molecule has 1 atom stereocenters. The number of carbonyl (C=O) groups is 2. The van der Waals surface area contributed by atoms with Crippen molar-refractivity contribution in [1.82, 2.24) is 0 Å². The van der Waals surface area contributed by atoms with E-state index in [1.165, 1.54) is 36.0 Å². The molecule has 0 radical (unpaired) electrons. The van der Waals surface area contributed by atoms with E-state index >= 15 is 0 Å². The molecule has 2 amide bonds. The maximum atomic E-state index is 13.7. The van der Waals surface area contributed by atoms with Gasteiger partial charge in [-0.05, 0) is 36.4 Å². The van der Waals surface area contributed by atoms with Crippen molar-refractivity contribution in [2.75, 3.05) is 16.4 Å². The first-order valence-corrected chi connectivity index (χ1v) is 11.6. The van der Waals surface area contributed by atoms with Crippen LogP contribution < -0.4 is 10.6 Å². The zero-order valence-electron chi connectivity index (χ0n) is 15.4. The van der Waals surface area contributed by atoms with Gasteiger partial charge in [0.2, 0.25) is 11.8 Å². The number of halogens is 2. The van der Waals surface area contributed by atoms with Gasteiger partial charge in [0, 0.05) is 28.0 Å². The molecule has 3 rings (SSSR count). The second-order valence-electron chi connectivity index (χ2n) is 6.58. The molecule has 0 fully saturated rings. The van der Waals surface area contributed by atoms with E-state index < -0.39 is 27.3 Å². The Labute approximate surface area is 177 Å². The number of hydrogen-bond acceptors (Lipinski definition) is 5. The molecule has 6 nitrogen and oxygen atoms in total. The predicted molar refractivity (Wildman–Crippen MR) is 112 cm³/mol. The Morgan fingerprint density at radius 1 is 1.31 bits per heavy atom. The van der Waals surface area contributed by atoms with Gasteiger partial charge in [0.25, 0.3) is 0 Å². The van der Waals surface area contributed by atoms with Crippen LogP contribution in [0.4, 0.5) is 15.8 Å². The van der Waals surface area contributed by atoms with Gasteiger partial charge in [-0.1, -0.05) is 18.5 Å². The Bertz CT molecular complexity index is 1080. The molecule has 10 heteroatoms. The highest BCUT2D eigenvalue weighted by molar-refractivity contribution is 8.00. The molecule has 1 aliphatic rings. The van der Waals surface area contributed by atoms with Crippen LogP contribution in [-0.2, 0) is 19.4 Å². The molecule has 2 aromatic carbocycles. The lowest BCUT2D eigenvalue weighted by atomic mass is 10.3. The molecule has 0 saturated carbocycles. The Morgan fingerprint density at radius 2 is 2.07 bits per heavy atom. The third kappa shape index (κ3) is 5.49. The maximum absolute atomic E-state index is 13.7. The number of benzene rings is 2. The number of thioether (sulfide) groups is 1. The van der Waals surface area contributed by atoms with Crippen LogP contribution in [0.5, 0.6) is 0 Å². The summed E-state index contributed by atoms with van der Waals surface area (Å²) in [6, 6.07) is 8.29. The summed E-state index contributed by atoms with van der Waals surface area (Å²) < 4.78 is 39.0. The number of fused-ring (bicyclic) bond motifs is 1. The first-order valence-electron chi connectivity index (χ1n) is 8.72. The van der Waals surface area contributed by atoms with Crippen molar-refractivity contribution < 1.29 is 22.4 Å². The number of carbonyl (C=O) groups excluding carboxylic acids is 2. The smallest absolute Gasteiger partial charge is 0.225 e. The van der Waals surface area contributed by atoms with Gasteiger partial charge in [-0.2, -0.15) is 0 Å². The zero-order chi connectivity index (χ0) is 21.2. The van der Waals surface area contributed by atoms with Crippen molar-refractivity contribution >= 4 is 56.4 Å². The molecule has 0 aromatic heterocycles. The summed E-state index contributed by atoms with van der Waals surface area (Å²) in [7, 11) is -3.78. The van der Waals surface area contributed by atoms with E-state index in [0.717, 1.165) is 11.0 Å². The standard InChI is InChI=1S/C19H18ClFN2O4S2/c1-11-8-19(25)23-16-10-13(3-5-17(16)28-11)29(26,27)7-6-18(24)22-15-4-2-12(20)9-14(15)21/h2-5,9-11H,6-8H2,1H3,(H,22,24)(H,23,25)/t11-/m1/s1. The van der Waals surface area contributed by atoms with Crippen molar-refractivity contribution in [3.63, 3.8) is 0 Å². The van der Waals surface area contributed by atoms with Gasteiger partial charge < -0.3 is 10.6 Å². The lowest BCUT2D eigenvalue weighted by Gasteiger charge is -2.11. The minimum Gasteiger partial charge on any atom is -0.325 e. The summed E-state index contributed by atoms with van der Waals surface area (Å²) in [6.07, 6.45) is -0.0114. The van der Waals surface area contributed by atoms with Crippen LogP contribution >= 0.6 is 23.4 Å². The van der Waals surface area contributed by atoms with Gasteiger partial charge in [0.1, 0.15) is 5.82 Å². The van der Waals surface area contributed by atoms with Crippen LogP contribution in [0, 0.1) is 5.82 Å². The van der Waals surface area contributed by atoms with E-state index in [0.29, 0.717) is 12.1 Å². The second kappa shape index (κ2) is 8.73. The van der Waals surface area contributed by atoms with E-state index in [1.54, 1.807) is 6.07 Å². The van der Waals surface area contributed by atoms with Gasteiger partial charge in [-0.15, -0.1) is 11.8 Å². The molecule has 0 bridgehead atoms. The molecule has 0 aliphatic carbocycles. The Morgan fingerprint density at radius 3 is 2.79 bits per heavy atom. The monoisotopic (exact) mass is 456 g/mol. The summed E-state index contributed by atoms with van der Waals surface area (Å²) in [5.74, 6) is -1.98. The van der Waals surface area contributed by atoms with Gasteiger partial charge in [0.05, 0.1) is 22.0 Å². The van der Waals surface area contributed by atoms with Gasteiger partial charge in [0.15, 0.2) is 9.84 Å². The van der Waals surface area contributed by atoms with Crippen LogP contribution in [0.1, 0.15) is 19.8 Å². The van der Waals surface area contributed by atoms with Crippen molar-refractivity contribution in [3.05, 3.63) is 47.2 Å². The van der Waals surface area contributed by atoms with Crippen molar-refractivity contribution in [3.8, 4) is 0 Å². The fraction of sp³-hybridized carbons (Fsp3) is 0.263. The fourth-order valence-electron chi connectivity index (χ4n) is 2.77. The molecule has 154 valence electrons. The number of hydrogen-bond donors (Lipinski definition) is 2. The van der Waals surface area contributed by atoms with E-state index in [9.17, 15) is 22.4 Å². The van der Waals surface area contributed by atoms with E-state index in [-0.39, 0.29) is 33.2 Å². The highest BCUT2D eigenvalue weighted by Gasteiger charge is 2.23. The number of rotatable bonds is 5. The molecule has 0 saturated heterocycles. The van der Waals surface area contributed by atoms with Crippen LogP contribution in [0.25, 0.3) is 0 Å². The summed E-state index contributed by atoms with van der Waals surface area (Å²) in [5.41, 5.74) is 0.369. The molecule has 0 spiro atoms. The molecule has 29 heavy (non-hydrogen) atoms. The lowest BCUT2D eigenvalue weighted by molar-refractivity contribution is -0.116. The Hall–Kier alpha value is -2.10. The summed E-state index contributed by atoms with van der Waals surface area (Å²) in [4.78, 5) is 24.7. The molecule has 2 aromatic rings. The fourth-order valence-corrected chi connectivity index (χ4v) is 5.25. The number of anilines is 2. The lowest BCUT2D eigenvalue weighted by Crippen LogP contribution is -2.18. The Kier molecular flexibility index (Phi) is 6.50. The average Bonchev–Trinajstić information content (AvgIpc) is 2.78. The summed E-state index contributed by atoms with van der Waals surface area (Å²) in [5, 5.41) is 5.32. The third-order valence-electron chi connectivity index (χ3n) is 4.19. The quantitative estimate of drug-likeness (QED) is 0.706. The topological polar surface area (TPSA) is 92.3 Å². The van der Waals surface area contributed by atoms with Gasteiger partial charge in [-0.25, -0.2) is 12.8 Å². The minimum absolute atomic E-state index is 0.0113. The van der Waals surface area contributed by atoms with Crippen LogP contribution in [0.2, 0.25) is 5.02 Å². The van der Waals surface area contributed by atoms with E-state index in [2.05, 4.69) is 10.6 Å². The van der Waals surface area contributed by atoms with Crippen LogP contribution in [-0.4, -0.2) is 31.2 Å². The average molecular weight is 457 g/mol. The van der Waals surface area contributed by atoms with E-state index in [1.807, 2.05) is 6.92 Å². The van der Waals surface area contributed by atoms with Crippen LogP contribution in [0.3, 0.4) is 0 Å². The van der Waals surface area contributed by atoms with Gasteiger partial charge in [-0.3, -0.25) is 9.59 Å². The highest BCUT2D eigenvalue weighted by atomic mass is 35.5. The molecule has 1 heterocycles. The highest BCUT2D eigenvalue weighted by Crippen LogP contribution is 2.36. The molecule has 0 unspecified atom stereocenters. The molecule has 2 N–H and O–H groups in total. The second-order valence-corrected chi connectivity index (χ2v) is 10.6. The van der Waals surface area contributed by atoms with Crippen molar-refractivity contribution in [2.45, 2.75) is 34.8 Å². The third-order valence-corrected chi connectivity index (χ3v) is 7.32. The first-order chi connectivity index (χ1) is 13.6. The minimum atomic E-state index is -3.78. The first kappa shape index (κ1) is 21.6. The van der Waals surface area contributed by atoms with Crippen LogP contribution in [0.15, 0.2) is 46.2 Å². The summed E-state index contributed by atoms with van der Waals surface area (Å²) in [6.45, 7) is 1.92. The van der Waals surface area contributed by atoms with E-state index in [4.69, 9.17) is 11.6 Å². The normalized spacial score (nSPS) is 16.5. The number of nitrogens with one attached hydrogen (secondary N) is 2. The molecular weight excluding hydrogens is 439 g/mol. The van der Waals surface area contributed by atoms with Crippen molar-refractivity contribution in [1.29, 1.82) is 0 Å². The molecular formula is C19H18ClFN2O4S2. The number of amides is 2.